The molecule has 0 radical (unpaired) electrons. The molecule has 1 aliphatic rings. The molecule has 1 rings (SSSR count). The molecule has 2 atom stereocenters. The zero-order valence-electron chi connectivity index (χ0n) is 21.0. The molecule has 0 aromatic carbocycles. The Kier molecular flexibility index (Phi) is 12.1. The van der Waals surface area contributed by atoms with Gasteiger partial charge in [-0.3, -0.25) is 4.90 Å². The number of nitrogens with zero attached hydrogens (tertiary/aromatic N) is 1. The lowest BCUT2D eigenvalue weighted by molar-refractivity contribution is -0.0610. The fraction of sp³-hybridized carbons (Fsp3) is 0.885. The monoisotopic (exact) mass is 423 g/mol. The van der Waals surface area contributed by atoms with Gasteiger partial charge in [0, 0.05) is 0 Å². The molecule has 1 unspecified atom stereocenters. The van der Waals surface area contributed by atoms with Crippen molar-refractivity contribution in [3.05, 3.63) is 12.2 Å². The van der Waals surface area contributed by atoms with E-state index >= 15 is 0 Å². The molecule has 0 spiro atoms. The maximum atomic E-state index is 12.7. The van der Waals surface area contributed by atoms with Gasteiger partial charge in [-0.25, -0.2) is 4.79 Å². The molecule has 0 aromatic rings. The fourth-order valence-corrected chi connectivity index (χ4v) is 4.01. The summed E-state index contributed by atoms with van der Waals surface area (Å²) in [5.74, 6) is 0.517. The van der Waals surface area contributed by atoms with Crippen LogP contribution < -0.4 is 0 Å². The van der Waals surface area contributed by atoms with Crippen LogP contribution in [0.3, 0.4) is 0 Å². The van der Waals surface area contributed by atoms with Gasteiger partial charge in [-0.1, -0.05) is 90.2 Å². The van der Waals surface area contributed by atoms with Crippen molar-refractivity contribution < 1.29 is 14.3 Å². The SMILES string of the molecule is CCCCCCCCCCCCC(C)/C=C\[C@@H]1COC(C)(C)N1C(=O)OC(C)(C)C. The second kappa shape index (κ2) is 13.4. The Morgan fingerprint density at radius 1 is 1.07 bits per heavy atom. The lowest BCUT2D eigenvalue weighted by atomic mass is 10.00. The molecule has 30 heavy (non-hydrogen) atoms. The Morgan fingerprint density at radius 2 is 1.60 bits per heavy atom. The molecule has 4 nitrogen and oxygen atoms in total. The van der Waals surface area contributed by atoms with Gasteiger partial charge in [-0.2, -0.15) is 0 Å². The number of hydrogen-bond acceptors (Lipinski definition) is 3. The predicted octanol–water partition coefficient (Wildman–Crippen LogP) is 7.86. The zero-order chi connectivity index (χ0) is 22.6. The Bertz CT molecular complexity index is 507. The third kappa shape index (κ3) is 10.8. The van der Waals surface area contributed by atoms with Gasteiger partial charge in [0.1, 0.15) is 11.3 Å². The van der Waals surface area contributed by atoms with Crippen LogP contribution in [-0.2, 0) is 9.47 Å². The Hall–Kier alpha value is -1.03. The van der Waals surface area contributed by atoms with Crippen LogP contribution in [0.4, 0.5) is 4.79 Å². The van der Waals surface area contributed by atoms with E-state index in [0.29, 0.717) is 12.5 Å². The van der Waals surface area contributed by atoms with Gasteiger partial charge >= 0.3 is 6.09 Å². The van der Waals surface area contributed by atoms with Crippen molar-refractivity contribution in [1.82, 2.24) is 4.90 Å². The average Bonchev–Trinajstić information content (AvgIpc) is 2.94. The van der Waals surface area contributed by atoms with Crippen LogP contribution >= 0.6 is 0 Å². The minimum atomic E-state index is -0.642. The summed E-state index contributed by atoms with van der Waals surface area (Å²) >= 11 is 0. The second-order valence-corrected chi connectivity index (χ2v) is 10.5. The summed E-state index contributed by atoms with van der Waals surface area (Å²) in [5, 5.41) is 0. The number of amides is 1. The molecule has 4 heteroatoms. The maximum absolute atomic E-state index is 12.7. The maximum Gasteiger partial charge on any atom is 0.413 e. The molecule has 0 saturated carbocycles. The van der Waals surface area contributed by atoms with Crippen LogP contribution in [0.5, 0.6) is 0 Å². The van der Waals surface area contributed by atoms with Crippen LogP contribution in [0.1, 0.15) is 119 Å². The molecule has 1 amide bonds. The van der Waals surface area contributed by atoms with Crippen LogP contribution in [0.25, 0.3) is 0 Å². The Balaban J connectivity index is 2.30. The summed E-state index contributed by atoms with van der Waals surface area (Å²) in [4.78, 5) is 14.4. The van der Waals surface area contributed by atoms with E-state index in [9.17, 15) is 4.79 Å². The highest BCUT2D eigenvalue weighted by atomic mass is 16.6. The smallest absolute Gasteiger partial charge is 0.413 e. The lowest BCUT2D eigenvalue weighted by Gasteiger charge is -2.34. The van der Waals surface area contributed by atoms with E-state index < -0.39 is 11.3 Å². The fourth-order valence-electron chi connectivity index (χ4n) is 4.01. The van der Waals surface area contributed by atoms with E-state index in [4.69, 9.17) is 9.47 Å². The molecule has 1 heterocycles. The van der Waals surface area contributed by atoms with Gasteiger partial charge in [-0.15, -0.1) is 0 Å². The minimum Gasteiger partial charge on any atom is -0.444 e. The third-order valence-corrected chi connectivity index (χ3v) is 5.78. The molecule has 1 fully saturated rings. The van der Waals surface area contributed by atoms with E-state index in [2.05, 4.69) is 26.0 Å². The van der Waals surface area contributed by atoms with Crippen LogP contribution in [0.2, 0.25) is 0 Å². The lowest BCUT2D eigenvalue weighted by Crippen LogP contribution is -2.49. The van der Waals surface area contributed by atoms with Crippen molar-refractivity contribution in [3.63, 3.8) is 0 Å². The van der Waals surface area contributed by atoms with Crippen molar-refractivity contribution in [2.75, 3.05) is 6.61 Å². The van der Waals surface area contributed by atoms with Gasteiger partial charge in [0.2, 0.25) is 0 Å². The molecule has 1 saturated heterocycles. The quantitative estimate of drug-likeness (QED) is 0.223. The molecule has 0 aromatic heterocycles. The van der Waals surface area contributed by atoms with Crippen LogP contribution in [0.15, 0.2) is 12.2 Å². The van der Waals surface area contributed by atoms with Gasteiger partial charge in [-0.05, 0) is 47.0 Å². The van der Waals surface area contributed by atoms with Gasteiger partial charge in [0.05, 0.1) is 12.6 Å². The first kappa shape index (κ1) is 27.0. The molecular formula is C26H49NO3. The Morgan fingerprint density at radius 3 is 2.13 bits per heavy atom. The average molecular weight is 424 g/mol. The summed E-state index contributed by atoms with van der Waals surface area (Å²) in [7, 11) is 0. The third-order valence-electron chi connectivity index (χ3n) is 5.78. The molecule has 0 bridgehead atoms. The normalized spacial score (nSPS) is 20.1. The number of rotatable bonds is 13. The topological polar surface area (TPSA) is 38.8 Å². The number of ether oxygens (including phenoxy) is 2. The highest BCUT2D eigenvalue weighted by Crippen LogP contribution is 2.30. The number of hydrogen-bond donors (Lipinski definition) is 0. The summed E-state index contributed by atoms with van der Waals surface area (Å²) in [6.45, 7) is 14.6. The molecular weight excluding hydrogens is 374 g/mol. The van der Waals surface area contributed by atoms with Crippen LogP contribution in [0, 0.1) is 5.92 Å². The minimum absolute atomic E-state index is 0.0648. The van der Waals surface area contributed by atoms with Crippen molar-refractivity contribution in [2.24, 2.45) is 5.92 Å². The number of unbranched alkanes of at least 4 members (excludes halogenated alkanes) is 9. The van der Waals surface area contributed by atoms with E-state index in [1.807, 2.05) is 34.6 Å². The summed E-state index contributed by atoms with van der Waals surface area (Å²) < 4.78 is 11.5. The van der Waals surface area contributed by atoms with Crippen molar-refractivity contribution in [1.29, 1.82) is 0 Å². The number of carbonyl (C=O) groups excluding carboxylic acids is 1. The Labute approximate surface area is 186 Å². The zero-order valence-corrected chi connectivity index (χ0v) is 21.0. The summed E-state index contributed by atoms with van der Waals surface area (Å²) in [6, 6.07) is -0.0648. The molecule has 0 N–H and O–H groups in total. The largest absolute Gasteiger partial charge is 0.444 e. The van der Waals surface area contributed by atoms with Crippen molar-refractivity contribution in [2.45, 2.75) is 136 Å². The standard InChI is InChI=1S/C26H49NO3/c1-8-9-10-11-12-13-14-15-16-17-18-22(2)19-20-23-21-29-26(6,7)27(23)24(28)30-25(3,4)5/h19-20,22-23H,8-18,21H2,1-7H3/b20-19-/t22?,23-/m1/s1. The van der Waals surface area contributed by atoms with E-state index in [1.165, 1.54) is 70.6 Å². The second-order valence-electron chi connectivity index (χ2n) is 10.5. The van der Waals surface area contributed by atoms with E-state index in [1.54, 1.807) is 4.90 Å². The number of allylic oxidation sites excluding steroid dienone is 1. The van der Waals surface area contributed by atoms with Gasteiger partial charge in [0.15, 0.2) is 0 Å². The molecule has 1 aliphatic heterocycles. The first-order chi connectivity index (χ1) is 14.1. The first-order valence-electron chi connectivity index (χ1n) is 12.4. The molecule has 0 aliphatic carbocycles. The van der Waals surface area contributed by atoms with Gasteiger partial charge < -0.3 is 9.47 Å². The van der Waals surface area contributed by atoms with Crippen LogP contribution in [-0.4, -0.2) is 35.0 Å². The first-order valence-corrected chi connectivity index (χ1v) is 12.4. The van der Waals surface area contributed by atoms with E-state index in [0.717, 1.165) is 0 Å². The summed E-state index contributed by atoms with van der Waals surface area (Å²) in [5.41, 5.74) is -1.15. The highest BCUT2D eigenvalue weighted by molar-refractivity contribution is 5.70. The van der Waals surface area contributed by atoms with Crippen molar-refractivity contribution in [3.8, 4) is 0 Å². The summed E-state index contributed by atoms with van der Waals surface area (Å²) in [6.07, 6.45) is 19.0. The van der Waals surface area contributed by atoms with E-state index in [-0.39, 0.29) is 12.1 Å². The highest BCUT2D eigenvalue weighted by Gasteiger charge is 2.44. The molecule has 176 valence electrons. The predicted molar refractivity (Wildman–Crippen MR) is 127 cm³/mol. The van der Waals surface area contributed by atoms with Crippen molar-refractivity contribution >= 4 is 6.09 Å². The number of carbonyl (C=O) groups is 1. The van der Waals surface area contributed by atoms with Gasteiger partial charge in [0.25, 0.3) is 0 Å².